The molecule has 0 atom stereocenters. The third-order valence-electron chi connectivity index (χ3n) is 6.08. The topological polar surface area (TPSA) is 78.4 Å². The van der Waals surface area contributed by atoms with Crippen LogP contribution >= 0.6 is 11.3 Å². The molecular weight excluding hydrogens is 446 g/mol. The van der Waals surface area contributed by atoms with Crippen molar-refractivity contribution >= 4 is 44.9 Å². The van der Waals surface area contributed by atoms with Crippen LogP contribution in [0, 0.1) is 6.92 Å². The number of benzene rings is 2. The lowest BCUT2D eigenvalue weighted by Crippen LogP contribution is -2.49. The molecule has 34 heavy (non-hydrogen) atoms. The SMILES string of the molecule is Cc1c(C(=O)Nc2ccc(CC(=O)N3CCN(c4ncccn4)CC3)cc2)sc2ccccc12. The Hall–Kier alpha value is -3.78. The Morgan fingerprint density at radius 1 is 0.941 bits per heavy atom. The number of aryl methyl sites for hydroxylation is 1. The second-order valence-corrected chi connectivity index (χ2v) is 9.35. The number of carbonyl (C=O) groups is 2. The number of anilines is 2. The van der Waals surface area contributed by atoms with Gasteiger partial charge >= 0.3 is 0 Å². The van der Waals surface area contributed by atoms with E-state index in [9.17, 15) is 9.59 Å². The zero-order valence-corrected chi connectivity index (χ0v) is 19.7. The Morgan fingerprint density at radius 2 is 1.65 bits per heavy atom. The smallest absolute Gasteiger partial charge is 0.266 e. The van der Waals surface area contributed by atoms with Crippen molar-refractivity contribution < 1.29 is 9.59 Å². The molecule has 7 nitrogen and oxygen atoms in total. The summed E-state index contributed by atoms with van der Waals surface area (Å²) < 4.78 is 1.11. The van der Waals surface area contributed by atoms with Crippen molar-refractivity contribution in [3.05, 3.63) is 83.0 Å². The predicted octanol–water partition coefficient (Wildman–Crippen LogP) is 4.14. The zero-order valence-electron chi connectivity index (χ0n) is 18.9. The summed E-state index contributed by atoms with van der Waals surface area (Å²) in [6.07, 6.45) is 3.80. The number of aromatic nitrogens is 2. The molecule has 1 N–H and O–H groups in total. The molecule has 172 valence electrons. The predicted molar refractivity (Wildman–Crippen MR) is 135 cm³/mol. The molecule has 1 saturated heterocycles. The summed E-state index contributed by atoms with van der Waals surface area (Å²) in [6.45, 7) is 4.73. The van der Waals surface area contributed by atoms with E-state index in [4.69, 9.17) is 0 Å². The number of rotatable bonds is 5. The summed E-state index contributed by atoms with van der Waals surface area (Å²) in [5.41, 5.74) is 2.64. The second kappa shape index (κ2) is 9.61. The maximum Gasteiger partial charge on any atom is 0.266 e. The molecule has 0 aliphatic carbocycles. The molecule has 0 spiro atoms. The quantitative estimate of drug-likeness (QED) is 0.473. The Bertz CT molecular complexity index is 1310. The lowest BCUT2D eigenvalue weighted by atomic mass is 10.1. The lowest BCUT2D eigenvalue weighted by Gasteiger charge is -2.34. The molecule has 2 aromatic heterocycles. The highest BCUT2D eigenvalue weighted by Crippen LogP contribution is 2.31. The van der Waals surface area contributed by atoms with Crippen molar-refractivity contribution in [1.29, 1.82) is 0 Å². The van der Waals surface area contributed by atoms with Crippen molar-refractivity contribution in [2.24, 2.45) is 0 Å². The van der Waals surface area contributed by atoms with E-state index in [-0.39, 0.29) is 11.8 Å². The van der Waals surface area contributed by atoms with E-state index in [2.05, 4.69) is 20.2 Å². The van der Waals surface area contributed by atoms with Crippen molar-refractivity contribution in [3.8, 4) is 0 Å². The Morgan fingerprint density at radius 3 is 2.35 bits per heavy atom. The van der Waals surface area contributed by atoms with Crippen molar-refractivity contribution in [2.75, 3.05) is 36.4 Å². The van der Waals surface area contributed by atoms with Crippen LogP contribution in [0.1, 0.15) is 20.8 Å². The van der Waals surface area contributed by atoms with E-state index in [0.29, 0.717) is 25.5 Å². The molecule has 0 unspecified atom stereocenters. The summed E-state index contributed by atoms with van der Waals surface area (Å²) in [6, 6.07) is 17.4. The number of piperazine rings is 1. The highest BCUT2D eigenvalue weighted by atomic mass is 32.1. The Kier molecular flexibility index (Phi) is 6.22. The van der Waals surface area contributed by atoms with Crippen molar-refractivity contribution in [2.45, 2.75) is 13.3 Å². The van der Waals surface area contributed by atoms with Gasteiger partial charge in [-0.25, -0.2) is 9.97 Å². The molecule has 8 heteroatoms. The number of hydrogen-bond donors (Lipinski definition) is 1. The van der Waals surface area contributed by atoms with Gasteiger partial charge in [-0.2, -0.15) is 0 Å². The van der Waals surface area contributed by atoms with Crippen molar-refractivity contribution in [1.82, 2.24) is 14.9 Å². The van der Waals surface area contributed by atoms with Gasteiger partial charge in [0, 0.05) is 49.0 Å². The minimum atomic E-state index is -0.109. The van der Waals surface area contributed by atoms with Crippen LogP contribution in [0.2, 0.25) is 0 Å². The van der Waals surface area contributed by atoms with Gasteiger partial charge < -0.3 is 15.1 Å². The molecule has 2 aromatic carbocycles. The molecule has 4 aromatic rings. The first kappa shape index (κ1) is 22.0. The van der Waals surface area contributed by atoms with Gasteiger partial charge in [-0.1, -0.05) is 30.3 Å². The molecule has 0 bridgehead atoms. The molecule has 2 amide bonds. The standard InChI is InChI=1S/C26H25N5O2S/c1-18-21-5-2-3-6-22(21)34-24(18)25(33)29-20-9-7-19(8-10-20)17-23(32)30-13-15-31(16-14-30)26-27-11-4-12-28-26/h2-12H,13-17H2,1H3,(H,29,33). The molecule has 1 aliphatic rings. The van der Waals surface area contributed by atoms with Gasteiger partial charge in [0.15, 0.2) is 0 Å². The Balaban J connectivity index is 1.16. The van der Waals surface area contributed by atoms with E-state index < -0.39 is 0 Å². The van der Waals surface area contributed by atoms with Gasteiger partial charge in [0.25, 0.3) is 5.91 Å². The lowest BCUT2D eigenvalue weighted by molar-refractivity contribution is -0.130. The molecule has 1 fully saturated rings. The molecule has 0 saturated carbocycles. The van der Waals surface area contributed by atoms with Crippen LogP contribution in [0.15, 0.2) is 67.0 Å². The molecule has 0 radical (unpaired) electrons. The van der Waals surface area contributed by atoms with Crippen LogP contribution in [0.5, 0.6) is 0 Å². The first-order valence-electron chi connectivity index (χ1n) is 11.3. The number of nitrogens with one attached hydrogen (secondary N) is 1. The van der Waals surface area contributed by atoms with Gasteiger partial charge in [-0.3, -0.25) is 9.59 Å². The second-order valence-electron chi connectivity index (χ2n) is 8.30. The largest absolute Gasteiger partial charge is 0.339 e. The maximum atomic E-state index is 12.8. The number of hydrogen-bond acceptors (Lipinski definition) is 6. The van der Waals surface area contributed by atoms with E-state index in [0.717, 1.165) is 44.9 Å². The third-order valence-corrected chi connectivity index (χ3v) is 7.36. The number of thiophene rings is 1. The van der Waals surface area contributed by atoms with Crippen LogP contribution in [0.4, 0.5) is 11.6 Å². The summed E-state index contributed by atoms with van der Waals surface area (Å²) >= 11 is 1.50. The van der Waals surface area contributed by atoms with Crippen LogP contribution in [-0.4, -0.2) is 52.9 Å². The fourth-order valence-electron chi connectivity index (χ4n) is 4.18. The third kappa shape index (κ3) is 4.63. The fraction of sp³-hybridized carbons (Fsp3) is 0.231. The number of carbonyl (C=O) groups excluding carboxylic acids is 2. The van der Waals surface area contributed by atoms with Crippen LogP contribution < -0.4 is 10.2 Å². The van der Waals surface area contributed by atoms with Crippen LogP contribution in [0.25, 0.3) is 10.1 Å². The van der Waals surface area contributed by atoms with E-state index in [1.54, 1.807) is 18.5 Å². The summed E-state index contributed by atoms with van der Waals surface area (Å²) in [7, 11) is 0. The van der Waals surface area contributed by atoms with Gasteiger partial charge in [0.05, 0.1) is 11.3 Å². The minimum absolute atomic E-state index is 0.103. The zero-order chi connectivity index (χ0) is 23.5. The first-order valence-corrected chi connectivity index (χ1v) is 12.1. The van der Waals surface area contributed by atoms with Crippen molar-refractivity contribution in [3.63, 3.8) is 0 Å². The summed E-state index contributed by atoms with van der Waals surface area (Å²) in [5.74, 6) is 0.701. The highest BCUT2D eigenvalue weighted by molar-refractivity contribution is 7.21. The maximum absolute atomic E-state index is 12.8. The number of amides is 2. The summed E-state index contributed by atoms with van der Waals surface area (Å²) in [4.78, 5) is 38.9. The minimum Gasteiger partial charge on any atom is -0.339 e. The van der Waals surface area contributed by atoms with Gasteiger partial charge in [-0.15, -0.1) is 11.3 Å². The van der Waals surface area contributed by atoms with E-state index in [1.807, 2.05) is 60.4 Å². The fourth-order valence-corrected chi connectivity index (χ4v) is 5.29. The Labute approximate surface area is 202 Å². The normalized spacial score (nSPS) is 13.8. The van der Waals surface area contributed by atoms with Gasteiger partial charge in [0.2, 0.25) is 11.9 Å². The molecule has 3 heterocycles. The summed E-state index contributed by atoms with van der Waals surface area (Å²) in [5, 5.41) is 4.10. The molecule has 5 rings (SSSR count). The highest BCUT2D eigenvalue weighted by Gasteiger charge is 2.22. The van der Waals surface area contributed by atoms with E-state index >= 15 is 0 Å². The monoisotopic (exact) mass is 471 g/mol. The number of fused-ring (bicyclic) bond motifs is 1. The van der Waals surface area contributed by atoms with Gasteiger partial charge in [-0.05, 0) is 47.7 Å². The van der Waals surface area contributed by atoms with Crippen LogP contribution in [0.3, 0.4) is 0 Å². The number of nitrogens with zero attached hydrogens (tertiary/aromatic N) is 4. The molecular formula is C26H25N5O2S. The average Bonchev–Trinajstić information content (AvgIpc) is 3.22. The van der Waals surface area contributed by atoms with E-state index in [1.165, 1.54) is 11.3 Å². The molecule has 1 aliphatic heterocycles. The van der Waals surface area contributed by atoms with Crippen LogP contribution in [-0.2, 0) is 11.2 Å². The van der Waals surface area contributed by atoms with Gasteiger partial charge in [0.1, 0.15) is 0 Å². The average molecular weight is 472 g/mol. The first-order chi connectivity index (χ1) is 16.6.